The number of nitrogens with zero attached hydrogens (tertiary/aromatic N) is 2. The zero-order valence-corrected chi connectivity index (χ0v) is 27.0. The lowest BCUT2D eigenvalue weighted by Gasteiger charge is -2.14. The molecule has 0 bridgehead atoms. The van der Waals surface area contributed by atoms with E-state index in [4.69, 9.17) is 0 Å². The summed E-state index contributed by atoms with van der Waals surface area (Å²) in [5, 5.41) is 19.3. The van der Waals surface area contributed by atoms with Crippen LogP contribution in [0.5, 0.6) is 0 Å². The van der Waals surface area contributed by atoms with Gasteiger partial charge in [0.15, 0.2) is 0 Å². The number of allylic oxidation sites excluding steroid dienone is 1. The number of carboxylic acids is 2. The lowest BCUT2D eigenvalue weighted by molar-refractivity contribution is -0.138. The van der Waals surface area contributed by atoms with Crippen LogP contribution >= 0.6 is 11.8 Å². The topological polar surface area (TPSA) is 165 Å². The number of hydrogen-bond donors (Lipinski definition) is 4. The van der Waals surface area contributed by atoms with Gasteiger partial charge < -0.3 is 20.2 Å². The van der Waals surface area contributed by atoms with Crippen molar-refractivity contribution in [3.8, 4) is 0 Å². The van der Waals surface area contributed by atoms with Crippen molar-refractivity contribution < 1.29 is 29.4 Å². The van der Waals surface area contributed by atoms with Crippen molar-refractivity contribution in [2.75, 3.05) is 0 Å². The molecule has 10 nitrogen and oxygen atoms in total. The molecule has 1 fully saturated rings. The first-order valence-electron chi connectivity index (χ1n) is 15.2. The lowest BCUT2D eigenvalue weighted by atomic mass is 9.87. The van der Waals surface area contributed by atoms with Gasteiger partial charge in [-0.1, -0.05) is 20.8 Å². The zero-order valence-electron chi connectivity index (χ0n) is 26.1. The molecule has 3 aliphatic heterocycles. The second-order valence-corrected chi connectivity index (χ2v) is 13.8. The molecule has 0 unspecified atom stereocenters. The van der Waals surface area contributed by atoms with Gasteiger partial charge in [-0.2, -0.15) is 0 Å². The molecule has 2 aromatic rings. The Morgan fingerprint density at radius 2 is 1.36 bits per heavy atom. The minimum absolute atomic E-state index is 0.0292. The number of H-pyrrole nitrogens is 2. The van der Waals surface area contributed by atoms with Crippen LogP contribution in [-0.2, 0) is 51.3 Å². The third-order valence-electron chi connectivity index (χ3n) is 9.72. The third-order valence-corrected chi connectivity index (χ3v) is 11.5. The van der Waals surface area contributed by atoms with E-state index in [1.54, 1.807) is 11.8 Å². The van der Waals surface area contributed by atoms with Gasteiger partial charge in [-0.25, -0.2) is 9.98 Å². The maximum atomic E-state index is 12.6. The number of carboxylic acid groups (broad SMARTS) is 2. The molecule has 2 aromatic heterocycles. The maximum absolute atomic E-state index is 12.6. The van der Waals surface area contributed by atoms with Crippen LogP contribution in [0.15, 0.2) is 21.1 Å². The fourth-order valence-corrected chi connectivity index (χ4v) is 8.38. The molecule has 44 heavy (non-hydrogen) atoms. The van der Waals surface area contributed by atoms with Crippen molar-refractivity contribution in [2.24, 2.45) is 15.9 Å². The van der Waals surface area contributed by atoms with Crippen LogP contribution in [0, 0.1) is 19.8 Å². The van der Waals surface area contributed by atoms with E-state index in [0.29, 0.717) is 43.8 Å². The molecule has 5 heterocycles. The summed E-state index contributed by atoms with van der Waals surface area (Å²) in [6, 6.07) is 0. The van der Waals surface area contributed by atoms with Gasteiger partial charge in [-0.15, -0.1) is 11.8 Å². The van der Waals surface area contributed by atoms with Crippen LogP contribution in [0.25, 0.3) is 0 Å². The number of nitrogens with one attached hydrogen (secondary N) is 2. The highest BCUT2D eigenvalue weighted by Crippen LogP contribution is 2.61. The van der Waals surface area contributed by atoms with E-state index >= 15 is 0 Å². The molecule has 5 rings (SSSR count). The van der Waals surface area contributed by atoms with E-state index in [1.165, 1.54) is 0 Å². The molecule has 4 N–H and O–H groups in total. The first kappa shape index (κ1) is 31.7. The number of aliphatic imine (C=N–C) groups is 2. The number of thioether (sulfide) groups is 1. The molecule has 0 aliphatic carbocycles. The number of rotatable bonds is 13. The van der Waals surface area contributed by atoms with Gasteiger partial charge in [-0.05, 0) is 67.9 Å². The summed E-state index contributed by atoms with van der Waals surface area (Å²) < 4.78 is -0.264. The number of carbonyl (C=O) groups excluding carboxylic acids is 2. The van der Waals surface area contributed by atoms with E-state index in [2.05, 4.69) is 26.9 Å². The lowest BCUT2D eigenvalue weighted by Crippen LogP contribution is -2.31. The smallest absolute Gasteiger partial charge is 0.303 e. The maximum Gasteiger partial charge on any atom is 0.303 e. The predicted molar refractivity (Wildman–Crippen MR) is 170 cm³/mol. The molecule has 1 saturated heterocycles. The van der Waals surface area contributed by atoms with Crippen molar-refractivity contribution in [3.05, 3.63) is 56.2 Å². The highest BCUT2D eigenvalue weighted by atomic mass is 32.2. The van der Waals surface area contributed by atoms with Crippen molar-refractivity contribution in [1.29, 1.82) is 0 Å². The Morgan fingerprint density at radius 1 is 0.841 bits per heavy atom. The minimum Gasteiger partial charge on any atom is -0.481 e. The van der Waals surface area contributed by atoms with Crippen LogP contribution in [-0.4, -0.2) is 65.4 Å². The van der Waals surface area contributed by atoms with Crippen LogP contribution in [0.3, 0.4) is 0 Å². The zero-order chi connectivity index (χ0) is 32.1. The normalized spacial score (nSPS) is 22.8. The van der Waals surface area contributed by atoms with Gasteiger partial charge >= 0.3 is 11.9 Å². The summed E-state index contributed by atoms with van der Waals surface area (Å²) in [5.74, 6) is -2.23. The molecular weight excluding hydrogens is 580 g/mol. The second-order valence-electron chi connectivity index (χ2n) is 12.2. The molecule has 2 amide bonds. The first-order chi connectivity index (χ1) is 20.8. The van der Waals surface area contributed by atoms with E-state index in [-0.39, 0.29) is 35.3 Å². The van der Waals surface area contributed by atoms with Crippen molar-refractivity contribution in [2.45, 2.75) is 103 Å². The highest BCUT2D eigenvalue weighted by molar-refractivity contribution is 8.09. The molecule has 11 heteroatoms. The fourth-order valence-electron chi connectivity index (χ4n) is 6.97. The Hall–Kier alpha value is -3.73. The van der Waals surface area contributed by atoms with Gasteiger partial charge in [-0.3, -0.25) is 19.2 Å². The average Bonchev–Trinajstić information content (AvgIpc) is 3.13. The van der Waals surface area contributed by atoms with Gasteiger partial charge in [0.2, 0.25) is 5.91 Å². The van der Waals surface area contributed by atoms with Crippen molar-refractivity contribution >= 4 is 46.9 Å². The standard InChI is InChI=1S/C33H40N4O6S/c1-7-20-15(2)24(36-32(20)43)12-23-16(3)21(8-10-29(38)39)26(34-23)13-27-22(9-11-30(40)41)17(4)25(35-27)14-28-33(19(6)44-33)18(5)31(42)37-28/h18-19,34-35H,7-14H2,1-6H3,(H,38,39)(H,40,41)/t18-,19+,33-/m0/s1. The summed E-state index contributed by atoms with van der Waals surface area (Å²) in [7, 11) is 0. The summed E-state index contributed by atoms with van der Waals surface area (Å²) in [6.45, 7) is 11.9. The molecule has 234 valence electrons. The average molecular weight is 621 g/mol. The van der Waals surface area contributed by atoms with Gasteiger partial charge in [0.1, 0.15) is 0 Å². The van der Waals surface area contributed by atoms with E-state index in [0.717, 1.165) is 67.6 Å². The number of aromatic nitrogens is 2. The number of hydrogen-bond acceptors (Lipinski definition) is 5. The Kier molecular flexibility index (Phi) is 8.63. The van der Waals surface area contributed by atoms with Crippen LogP contribution in [0.2, 0.25) is 0 Å². The van der Waals surface area contributed by atoms with Gasteiger partial charge in [0.25, 0.3) is 5.91 Å². The Labute approximate surface area is 260 Å². The molecule has 0 radical (unpaired) electrons. The fraction of sp³-hybridized carbons (Fsp3) is 0.515. The molecule has 0 saturated carbocycles. The second kappa shape index (κ2) is 12.0. The van der Waals surface area contributed by atoms with Crippen LogP contribution in [0.4, 0.5) is 0 Å². The molecule has 0 aromatic carbocycles. The quantitative estimate of drug-likeness (QED) is 0.232. The molecule has 1 spiro atoms. The Balaban J connectivity index is 1.50. The summed E-state index contributed by atoms with van der Waals surface area (Å²) in [4.78, 5) is 64.0. The number of carbonyl (C=O) groups is 4. The number of amides is 2. The van der Waals surface area contributed by atoms with E-state index in [9.17, 15) is 29.4 Å². The monoisotopic (exact) mass is 620 g/mol. The largest absolute Gasteiger partial charge is 0.481 e. The third kappa shape index (κ3) is 5.62. The van der Waals surface area contributed by atoms with Gasteiger partial charge in [0.05, 0.1) is 16.4 Å². The number of aliphatic carboxylic acids is 2. The Bertz CT molecular complexity index is 1670. The van der Waals surface area contributed by atoms with Crippen molar-refractivity contribution in [1.82, 2.24) is 9.97 Å². The van der Waals surface area contributed by atoms with Crippen LogP contribution in [0.1, 0.15) is 92.0 Å². The molecule has 3 atom stereocenters. The van der Waals surface area contributed by atoms with Crippen molar-refractivity contribution in [3.63, 3.8) is 0 Å². The van der Waals surface area contributed by atoms with Crippen LogP contribution < -0.4 is 0 Å². The van der Waals surface area contributed by atoms with E-state index in [1.807, 2.05) is 34.6 Å². The minimum atomic E-state index is -0.891. The number of aromatic amines is 2. The molecule has 3 aliphatic rings. The Morgan fingerprint density at radius 3 is 1.82 bits per heavy atom. The first-order valence-corrected chi connectivity index (χ1v) is 16.1. The summed E-state index contributed by atoms with van der Waals surface area (Å²) in [5.41, 5.74) is 10.5. The molecular formula is C33H40N4O6S. The van der Waals surface area contributed by atoms with E-state index < -0.39 is 11.9 Å². The summed E-state index contributed by atoms with van der Waals surface area (Å²) in [6.07, 6.45) is 2.56. The summed E-state index contributed by atoms with van der Waals surface area (Å²) >= 11 is 1.77. The van der Waals surface area contributed by atoms with Gasteiger partial charge in [0, 0.05) is 71.4 Å². The predicted octanol–water partition coefficient (Wildman–Crippen LogP) is 4.87. The SMILES string of the molecule is CCC1=C(C)C(Cc2[nH]c(Cc3[nH]c(CC4=NC(=O)[C@H](C)[C@@]45S[C@@H]5C)c(C)c3CCC(=O)O)c(CCC(=O)O)c2C)=NC1=O. The highest BCUT2D eigenvalue weighted by Gasteiger charge is 2.64.